The molecule has 29 heavy (non-hydrogen) atoms. The van der Waals surface area contributed by atoms with Crippen molar-refractivity contribution in [1.82, 2.24) is 19.3 Å². The van der Waals surface area contributed by atoms with Gasteiger partial charge in [-0.25, -0.2) is 4.98 Å². The van der Waals surface area contributed by atoms with Gasteiger partial charge in [0, 0.05) is 58.0 Å². The van der Waals surface area contributed by atoms with E-state index in [0.29, 0.717) is 11.3 Å². The number of anilines is 2. The van der Waals surface area contributed by atoms with Gasteiger partial charge in [-0.05, 0) is 29.8 Å². The van der Waals surface area contributed by atoms with Crippen LogP contribution in [-0.2, 0) is 24.1 Å². The fourth-order valence-electron chi connectivity index (χ4n) is 3.29. The zero-order valence-electron chi connectivity index (χ0n) is 16.7. The van der Waals surface area contributed by atoms with Gasteiger partial charge >= 0.3 is 0 Å². The number of hydrogen-bond donors (Lipinski definition) is 1. The van der Waals surface area contributed by atoms with Crippen LogP contribution in [-0.4, -0.2) is 41.8 Å². The van der Waals surface area contributed by atoms with Gasteiger partial charge in [-0.15, -0.1) is 0 Å². The maximum atomic E-state index is 12.8. The van der Waals surface area contributed by atoms with Crippen LogP contribution in [0.3, 0.4) is 0 Å². The van der Waals surface area contributed by atoms with Crippen molar-refractivity contribution in [3.05, 3.63) is 55.0 Å². The van der Waals surface area contributed by atoms with E-state index in [1.807, 2.05) is 55.0 Å². The second kappa shape index (κ2) is 6.93. The van der Waals surface area contributed by atoms with Crippen LogP contribution in [0.5, 0.6) is 0 Å². The monoisotopic (exact) mass is 410 g/mol. The molecule has 4 rings (SSSR count). The number of nitrogens with zero attached hydrogens (tertiary/aromatic N) is 5. The first-order chi connectivity index (χ1) is 13.8. The van der Waals surface area contributed by atoms with Gasteiger partial charge < -0.3 is 9.47 Å². The van der Waals surface area contributed by atoms with Crippen molar-refractivity contribution >= 4 is 32.4 Å². The highest BCUT2D eigenvalue weighted by Gasteiger charge is 2.21. The molecule has 0 amide bonds. The first-order valence-electron chi connectivity index (χ1n) is 9.00. The summed E-state index contributed by atoms with van der Waals surface area (Å²) in [6, 6.07) is 11.2. The van der Waals surface area contributed by atoms with Crippen molar-refractivity contribution in [3.63, 3.8) is 0 Å². The Morgan fingerprint density at radius 2 is 1.90 bits per heavy atom. The van der Waals surface area contributed by atoms with E-state index in [-0.39, 0.29) is 5.03 Å². The van der Waals surface area contributed by atoms with E-state index in [0.717, 1.165) is 22.2 Å². The van der Waals surface area contributed by atoms with Gasteiger partial charge in [0.15, 0.2) is 5.03 Å². The summed E-state index contributed by atoms with van der Waals surface area (Å²) in [5.74, 6) is 0. The average molecular weight is 411 g/mol. The Balaban J connectivity index is 1.88. The number of fused-ring (bicyclic) bond motifs is 1. The van der Waals surface area contributed by atoms with E-state index in [9.17, 15) is 8.42 Å². The van der Waals surface area contributed by atoms with Crippen molar-refractivity contribution in [2.24, 2.45) is 14.1 Å². The summed E-state index contributed by atoms with van der Waals surface area (Å²) in [4.78, 5) is 6.48. The molecule has 4 aromatic rings. The number of aromatic nitrogens is 4. The molecule has 3 heterocycles. The quantitative estimate of drug-likeness (QED) is 0.547. The number of pyridine rings is 1. The number of nitrogens with one attached hydrogen (secondary N) is 1. The van der Waals surface area contributed by atoms with Crippen LogP contribution in [0, 0.1) is 0 Å². The smallest absolute Gasteiger partial charge is 0.281 e. The summed E-state index contributed by atoms with van der Waals surface area (Å²) in [5.41, 5.74) is 4.09. The molecule has 1 aromatic carbocycles. The molecule has 0 aliphatic rings. The summed E-state index contributed by atoms with van der Waals surface area (Å²) >= 11 is 0. The van der Waals surface area contributed by atoms with Crippen LogP contribution in [0.4, 0.5) is 11.4 Å². The van der Waals surface area contributed by atoms with Gasteiger partial charge in [-0.2, -0.15) is 13.5 Å². The van der Waals surface area contributed by atoms with Crippen molar-refractivity contribution in [1.29, 1.82) is 0 Å². The molecular weight excluding hydrogens is 388 g/mol. The van der Waals surface area contributed by atoms with Gasteiger partial charge in [0.25, 0.3) is 10.0 Å². The van der Waals surface area contributed by atoms with Gasteiger partial charge in [-0.3, -0.25) is 9.40 Å². The van der Waals surface area contributed by atoms with Crippen molar-refractivity contribution < 1.29 is 8.42 Å². The summed E-state index contributed by atoms with van der Waals surface area (Å²) in [6.07, 6.45) is 5.15. The van der Waals surface area contributed by atoms with E-state index in [1.54, 1.807) is 25.5 Å². The van der Waals surface area contributed by atoms with Gasteiger partial charge in [0.1, 0.15) is 5.65 Å². The van der Waals surface area contributed by atoms with Crippen LogP contribution in [0.25, 0.3) is 22.2 Å². The predicted octanol–water partition coefficient (Wildman–Crippen LogP) is 2.84. The highest BCUT2D eigenvalue weighted by molar-refractivity contribution is 7.92. The molecule has 0 saturated heterocycles. The summed E-state index contributed by atoms with van der Waals surface area (Å²) in [5, 5.41) is 4.73. The van der Waals surface area contributed by atoms with Crippen LogP contribution in [0.2, 0.25) is 0 Å². The maximum absolute atomic E-state index is 12.8. The number of benzene rings is 1. The second-order valence-electron chi connectivity index (χ2n) is 7.09. The van der Waals surface area contributed by atoms with Crippen LogP contribution in [0.1, 0.15) is 0 Å². The molecule has 0 saturated carbocycles. The minimum atomic E-state index is -3.82. The van der Waals surface area contributed by atoms with Gasteiger partial charge in [-0.1, -0.05) is 12.1 Å². The van der Waals surface area contributed by atoms with Crippen LogP contribution in [0.15, 0.2) is 60.0 Å². The lowest BCUT2D eigenvalue weighted by atomic mass is 10.0. The molecule has 0 radical (unpaired) electrons. The normalized spacial score (nSPS) is 11.7. The SMILES string of the molecule is CN(C)c1cccc(-c2cn(C)c3nccc(NS(=O)(=O)c4ccn(C)n4)c23)c1. The van der Waals surface area contributed by atoms with Crippen molar-refractivity contribution in [3.8, 4) is 11.1 Å². The molecule has 0 atom stereocenters. The number of aryl methyl sites for hydroxylation is 2. The molecule has 0 aliphatic heterocycles. The molecule has 8 nitrogen and oxygen atoms in total. The topological polar surface area (TPSA) is 85.0 Å². The van der Waals surface area contributed by atoms with Crippen molar-refractivity contribution in [2.45, 2.75) is 5.03 Å². The van der Waals surface area contributed by atoms with E-state index in [4.69, 9.17) is 0 Å². The minimum absolute atomic E-state index is 0.0305. The lowest BCUT2D eigenvalue weighted by Crippen LogP contribution is -2.14. The average Bonchev–Trinajstić information content (AvgIpc) is 3.27. The molecule has 150 valence electrons. The summed E-state index contributed by atoms with van der Waals surface area (Å²) in [6.45, 7) is 0. The lowest BCUT2D eigenvalue weighted by Gasteiger charge is -2.14. The van der Waals surface area contributed by atoms with E-state index in [1.165, 1.54) is 10.7 Å². The molecular formula is C20H22N6O2S. The molecule has 0 spiro atoms. The summed E-state index contributed by atoms with van der Waals surface area (Å²) < 4.78 is 31.7. The Bertz CT molecular complexity index is 1300. The third-order valence-corrected chi connectivity index (χ3v) is 6.00. The molecule has 0 unspecified atom stereocenters. The largest absolute Gasteiger partial charge is 0.378 e. The van der Waals surface area contributed by atoms with E-state index < -0.39 is 10.0 Å². The van der Waals surface area contributed by atoms with Gasteiger partial charge in [0.2, 0.25) is 0 Å². The third kappa shape index (κ3) is 3.44. The Kier molecular flexibility index (Phi) is 4.54. The molecule has 0 aliphatic carbocycles. The Hall–Kier alpha value is -3.33. The fraction of sp³-hybridized carbons (Fsp3) is 0.200. The fourth-order valence-corrected chi connectivity index (χ4v) is 4.33. The minimum Gasteiger partial charge on any atom is -0.378 e. The van der Waals surface area contributed by atoms with E-state index in [2.05, 4.69) is 20.9 Å². The number of hydrogen-bond acceptors (Lipinski definition) is 5. The molecule has 0 bridgehead atoms. The summed E-state index contributed by atoms with van der Waals surface area (Å²) in [7, 11) is 3.71. The third-order valence-electron chi connectivity index (χ3n) is 4.74. The second-order valence-corrected chi connectivity index (χ2v) is 8.72. The zero-order chi connectivity index (χ0) is 20.8. The zero-order valence-corrected chi connectivity index (χ0v) is 17.5. The number of sulfonamides is 1. The first-order valence-corrected chi connectivity index (χ1v) is 10.5. The van der Waals surface area contributed by atoms with E-state index >= 15 is 0 Å². The van der Waals surface area contributed by atoms with Crippen LogP contribution < -0.4 is 9.62 Å². The first kappa shape index (κ1) is 19.0. The van der Waals surface area contributed by atoms with Gasteiger partial charge in [0.05, 0.1) is 11.1 Å². The molecule has 1 N–H and O–H groups in total. The molecule has 9 heteroatoms. The Morgan fingerprint density at radius 3 is 2.59 bits per heavy atom. The molecule has 3 aromatic heterocycles. The number of rotatable bonds is 5. The van der Waals surface area contributed by atoms with Crippen LogP contribution >= 0.6 is 0 Å². The standard InChI is InChI=1S/C20H22N6O2S/c1-24(2)15-7-5-6-14(12-15)16-13-25(3)20-19(16)17(8-10-21-20)23-29(27,28)18-9-11-26(4)22-18/h5-13H,1-4H3,(H,21,23). The Labute approximate surface area is 169 Å². The highest BCUT2D eigenvalue weighted by Crippen LogP contribution is 2.36. The molecule has 0 fully saturated rings. The van der Waals surface area contributed by atoms with Crippen molar-refractivity contribution in [2.75, 3.05) is 23.7 Å². The lowest BCUT2D eigenvalue weighted by molar-refractivity contribution is 0.593. The highest BCUT2D eigenvalue weighted by atomic mass is 32.2. The maximum Gasteiger partial charge on any atom is 0.281 e. The Morgan fingerprint density at radius 1 is 1.10 bits per heavy atom. The predicted molar refractivity (Wildman–Crippen MR) is 114 cm³/mol.